The van der Waals surface area contributed by atoms with Gasteiger partial charge in [-0.15, -0.1) is 24.8 Å². The zero-order valence-corrected chi connectivity index (χ0v) is 18.1. The lowest BCUT2D eigenvalue weighted by molar-refractivity contribution is 0.0860. The lowest BCUT2D eigenvalue weighted by atomic mass is 9.81. The first kappa shape index (κ1) is 23.8. The van der Waals surface area contributed by atoms with E-state index in [1.165, 1.54) is 11.1 Å². The maximum absolute atomic E-state index is 6.05. The summed E-state index contributed by atoms with van der Waals surface area (Å²) in [6, 6.07) is 19.4. The molecule has 150 valence electrons. The number of ether oxygens (including phenoxy) is 1. The molecule has 3 rings (SSSR count). The van der Waals surface area contributed by atoms with Gasteiger partial charge >= 0.3 is 0 Å². The van der Waals surface area contributed by atoms with E-state index in [4.69, 9.17) is 4.74 Å². The second-order valence-electron chi connectivity index (χ2n) is 7.90. The van der Waals surface area contributed by atoms with Gasteiger partial charge < -0.3 is 10.1 Å². The van der Waals surface area contributed by atoms with Gasteiger partial charge in [-0.1, -0.05) is 63.2 Å². The lowest BCUT2D eigenvalue weighted by Crippen LogP contribution is -2.48. The summed E-state index contributed by atoms with van der Waals surface area (Å²) < 4.78 is 6.05. The smallest absolute Gasteiger partial charge is 0.120 e. The van der Waals surface area contributed by atoms with Crippen LogP contribution in [0.1, 0.15) is 37.9 Å². The number of nitrogens with zero attached hydrogens (tertiary/aromatic N) is 1. The first-order valence-electron chi connectivity index (χ1n) is 9.25. The van der Waals surface area contributed by atoms with E-state index in [1.807, 2.05) is 6.07 Å². The fourth-order valence-electron chi connectivity index (χ4n) is 3.71. The standard InChI is InChI=1S/C22H30N2O.2ClH/c1-22(2,3)21(24-14-12-23-13-15-24)19-10-7-11-20(16-19)25-17-18-8-5-4-6-9-18;;/h4-11,16,21,23H,12-15,17H2,1-3H3;2*1H/t21-;;/m1../s1. The Morgan fingerprint density at radius 1 is 0.963 bits per heavy atom. The van der Waals surface area contributed by atoms with Crippen LogP contribution in [0.4, 0.5) is 0 Å². The molecule has 2 aromatic rings. The maximum Gasteiger partial charge on any atom is 0.120 e. The Morgan fingerprint density at radius 3 is 2.26 bits per heavy atom. The van der Waals surface area contributed by atoms with Crippen molar-refractivity contribution in [1.82, 2.24) is 10.2 Å². The van der Waals surface area contributed by atoms with Crippen LogP contribution < -0.4 is 10.1 Å². The molecule has 0 aliphatic carbocycles. The zero-order chi connectivity index (χ0) is 17.7. The van der Waals surface area contributed by atoms with Crippen molar-refractivity contribution < 1.29 is 4.74 Å². The molecule has 0 saturated carbocycles. The number of hydrogen-bond acceptors (Lipinski definition) is 3. The normalized spacial score (nSPS) is 16.0. The highest BCUT2D eigenvalue weighted by molar-refractivity contribution is 5.85. The molecule has 0 radical (unpaired) electrons. The van der Waals surface area contributed by atoms with Crippen molar-refractivity contribution in [3.05, 3.63) is 65.7 Å². The van der Waals surface area contributed by atoms with Gasteiger partial charge in [0.05, 0.1) is 0 Å². The van der Waals surface area contributed by atoms with Crippen molar-refractivity contribution in [2.45, 2.75) is 33.4 Å². The molecule has 3 nitrogen and oxygen atoms in total. The summed E-state index contributed by atoms with van der Waals surface area (Å²) in [4.78, 5) is 2.60. The minimum absolute atomic E-state index is 0. The molecule has 1 fully saturated rings. The fraction of sp³-hybridized carbons (Fsp3) is 0.455. The lowest BCUT2D eigenvalue weighted by Gasteiger charge is -2.42. The largest absolute Gasteiger partial charge is 0.489 e. The third-order valence-electron chi connectivity index (χ3n) is 4.76. The van der Waals surface area contributed by atoms with Gasteiger partial charge in [-0.3, -0.25) is 4.90 Å². The molecule has 0 unspecified atom stereocenters. The van der Waals surface area contributed by atoms with Gasteiger partial charge in [0.2, 0.25) is 0 Å². The van der Waals surface area contributed by atoms with Crippen LogP contribution in [0, 0.1) is 5.41 Å². The SMILES string of the molecule is CC(C)(C)[C@@H](c1cccc(OCc2ccccc2)c1)N1CCNCC1.Cl.Cl. The maximum atomic E-state index is 6.05. The topological polar surface area (TPSA) is 24.5 Å². The van der Waals surface area contributed by atoms with Gasteiger partial charge in [-0.05, 0) is 28.7 Å². The Morgan fingerprint density at radius 2 is 1.63 bits per heavy atom. The Bertz CT molecular complexity index is 668. The third-order valence-corrected chi connectivity index (χ3v) is 4.76. The second-order valence-corrected chi connectivity index (χ2v) is 7.90. The van der Waals surface area contributed by atoms with Gasteiger partial charge in [0.15, 0.2) is 0 Å². The van der Waals surface area contributed by atoms with Gasteiger partial charge in [0.25, 0.3) is 0 Å². The molecule has 1 heterocycles. The second kappa shape index (κ2) is 10.9. The molecule has 0 spiro atoms. The van der Waals surface area contributed by atoms with E-state index in [0.29, 0.717) is 12.6 Å². The summed E-state index contributed by atoms with van der Waals surface area (Å²) in [7, 11) is 0. The molecule has 1 aliphatic rings. The average Bonchev–Trinajstić information content (AvgIpc) is 2.61. The van der Waals surface area contributed by atoms with E-state index in [1.54, 1.807) is 0 Å². The summed E-state index contributed by atoms with van der Waals surface area (Å²) >= 11 is 0. The van der Waals surface area contributed by atoms with Gasteiger partial charge in [-0.2, -0.15) is 0 Å². The highest BCUT2D eigenvalue weighted by atomic mass is 35.5. The monoisotopic (exact) mass is 410 g/mol. The summed E-state index contributed by atoms with van der Waals surface area (Å²) in [5.41, 5.74) is 2.72. The summed E-state index contributed by atoms with van der Waals surface area (Å²) in [6.07, 6.45) is 0. The highest BCUT2D eigenvalue weighted by Crippen LogP contribution is 2.39. The average molecular weight is 411 g/mol. The summed E-state index contributed by atoms with van der Waals surface area (Å²) in [6.45, 7) is 11.9. The van der Waals surface area contributed by atoms with Crippen LogP contribution in [0.3, 0.4) is 0 Å². The minimum atomic E-state index is 0. The molecule has 2 aromatic carbocycles. The highest BCUT2D eigenvalue weighted by Gasteiger charge is 2.32. The Balaban J connectivity index is 0.00000182. The molecule has 0 amide bonds. The van der Waals surface area contributed by atoms with Gasteiger partial charge in [0, 0.05) is 32.2 Å². The van der Waals surface area contributed by atoms with Crippen LogP contribution in [-0.4, -0.2) is 31.1 Å². The van der Waals surface area contributed by atoms with Crippen LogP contribution in [0.15, 0.2) is 54.6 Å². The number of nitrogens with one attached hydrogen (secondary N) is 1. The summed E-state index contributed by atoms with van der Waals surface area (Å²) in [5.74, 6) is 0.950. The van der Waals surface area contributed by atoms with Crippen molar-refractivity contribution in [3.8, 4) is 5.75 Å². The van der Waals surface area contributed by atoms with Crippen LogP contribution in [-0.2, 0) is 6.61 Å². The molecule has 5 heteroatoms. The Labute approximate surface area is 176 Å². The van der Waals surface area contributed by atoms with E-state index in [-0.39, 0.29) is 30.2 Å². The van der Waals surface area contributed by atoms with E-state index in [2.05, 4.69) is 79.5 Å². The molecule has 27 heavy (non-hydrogen) atoms. The van der Waals surface area contributed by atoms with Crippen molar-refractivity contribution >= 4 is 24.8 Å². The molecule has 0 bridgehead atoms. The first-order valence-corrected chi connectivity index (χ1v) is 9.25. The van der Waals surface area contributed by atoms with E-state index >= 15 is 0 Å². The predicted molar refractivity (Wildman–Crippen MR) is 118 cm³/mol. The predicted octanol–water partition coefficient (Wildman–Crippen LogP) is 5.10. The number of benzene rings is 2. The van der Waals surface area contributed by atoms with E-state index in [0.717, 1.165) is 31.9 Å². The minimum Gasteiger partial charge on any atom is -0.489 e. The van der Waals surface area contributed by atoms with Crippen molar-refractivity contribution in [1.29, 1.82) is 0 Å². The molecular formula is C22H32Cl2N2O. The zero-order valence-electron chi connectivity index (χ0n) is 16.5. The first-order chi connectivity index (χ1) is 12.0. The van der Waals surface area contributed by atoms with Crippen LogP contribution in [0.2, 0.25) is 0 Å². The van der Waals surface area contributed by atoms with Crippen molar-refractivity contribution in [3.63, 3.8) is 0 Å². The molecule has 1 atom stereocenters. The molecular weight excluding hydrogens is 379 g/mol. The quantitative estimate of drug-likeness (QED) is 0.741. The molecule has 1 N–H and O–H groups in total. The van der Waals surface area contributed by atoms with Crippen LogP contribution in [0.5, 0.6) is 5.75 Å². The van der Waals surface area contributed by atoms with Gasteiger partial charge in [-0.25, -0.2) is 0 Å². The van der Waals surface area contributed by atoms with Gasteiger partial charge in [0.1, 0.15) is 12.4 Å². The number of piperazine rings is 1. The summed E-state index contributed by atoms with van der Waals surface area (Å²) in [5, 5.41) is 3.46. The van der Waals surface area contributed by atoms with Crippen LogP contribution in [0.25, 0.3) is 0 Å². The number of halogens is 2. The number of rotatable bonds is 5. The van der Waals surface area contributed by atoms with Crippen molar-refractivity contribution in [2.24, 2.45) is 5.41 Å². The van der Waals surface area contributed by atoms with E-state index in [9.17, 15) is 0 Å². The molecule has 1 aliphatic heterocycles. The fourth-order valence-corrected chi connectivity index (χ4v) is 3.71. The van der Waals surface area contributed by atoms with E-state index < -0.39 is 0 Å². The number of hydrogen-bond donors (Lipinski definition) is 1. The third kappa shape index (κ3) is 6.69. The van der Waals surface area contributed by atoms with Crippen molar-refractivity contribution in [2.75, 3.05) is 26.2 Å². The Kier molecular flexibility index (Phi) is 9.61. The Hall–Kier alpha value is -1.26. The molecule has 1 saturated heterocycles. The van der Waals surface area contributed by atoms with Crippen LogP contribution >= 0.6 is 24.8 Å². The molecule has 0 aromatic heterocycles.